The van der Waals surface area contributed by atoms with Gasteiger partial charge in [0.15, 0.2) is 5.82 Å². The van der Waals surface area contributed by atoms with Crippen LogP contribution >= 0.6 is 11.8 Å². The number of nitro groups is 1. The molecule has 1 amide bonds. The summed E-state index contributed by atoms with van der Waals surface area (Å²) in [6, 6.07) is 4.48. The topological polar surface area (TPSA) is 103 Å². The summed E-state index contributed by atoms with van der Waals surface area (Å²) in [4.78, 5) is 23.3. The first-order valence-electron chi connectivity index (χ1n) is 7.11. The van der Waals surface area contributed by atoms with Crippen molar-refractivity contribution in [2.75, 3.05) is 6.26 Å². The van der Waals surface area contributed by atoms with Crippen LogP contribution in [-0.2, 0) is 19.5 Å². The molecule has 1 aromatic carbocycles. The number of thioether (sulfide) groups is 1. The van der Waals surface area contributed by atoms with Crippen LogP contribution in [0.2, 0.25) is 0 Å². The molecule has 0 fully saturated rings. The Morgan fingerprint density at radius 2 is 2.30 bits per heavy atom. The van der Waals surface area contributed by atoms with Gasteiger partial charge in [0.2, 0.25) is 0 Å². The van der Waals surface area contributed by atoms with Gasteiger partial charge in [0.05, 0.1) is 16.4 Å². The van der Waals surface area contributed by atoms with Crippen molar-refractivity contribution in [3.63, 3.8) is 0 Å². The van der Waals surface area contributed by atoms with Gasteiger partial charge in [-0.1, -0.05) is 0 Å². The summed E-state index contributed by atoms with van der Waals surface area (Å²) in [5.74, 6) is 1.28. The molecule has 0 spiro atoms. The number of benzene rings is 1. The third-order valence-corrected chi connectivity index (χ3v) is 4.52. The molecule has 1 aliphatic heterocycles. The maximum Gasteiger partial charge on any atom is 0.283 e. The summed E-state index contributed by atoms with van der Waals surface area (Å²) in [5, 5.41) is 22.0. The van der Waals surface area contributed by atoms with Gasteiger partial charge >= 0.3 is 0 Å². The summed E-state index contributed by atoms with van der Waals surface area (Å²) < 4.78 is 2.00. The molecule has 0 unspecified atom stereocenters. The number of rotatable bonds is 5. The molecular formula is C14H15N5O3S. The molecule has 1 N–H and O–H groups in total. The predicted octanol–water partition coefficient (Wildman–Crippen LogP) is 1.78. The molecule has 0 atom stereocenters. The monoisotopic (exact) mass is 333 g/mol. The van der Waals surface area contributed by atoms with Crippen LogP contribution in [0.3, 0.4) is 0 Å². The standard InChI is InChI=1S/C14H15N5O3S/c1-23-11-5-4-9(7-10(11)19(21)22)14(20)15-8-13-17-16-12-3-2-6-18(12)13/h4-5,7H,2-3,6,8H2,1H3,(H,15,20). The van der Waals surface area contributed by atoms with Gasteiger partial charge in [-0.3, -0.25) is 14.9 Å². The number of hydrogen-bond acceptors (Lipinski definition) is 6. The fraction of sp³-hybridized carbons (Fsp3) is 0.357. The normalized spacial score (nSPS) is 12.9. The van der Waals surface area contributed by atoms with Gasteiger partial charge in [0.25, 0.3) is 11.6 Å². The number of nitrogens with zero attached hydrogens (tertiary/aromatic N) is 4. The van der Waals surface area contributed by atoms with Crippen LogP contribution in [0.1, 0.15) is 28.4 Å². The van der Waals surface area contributed by atoms with Crippen LogP contribution in [0, 0.1) is 10.1 Å². The van der Waals surface area contributed by atoms with E-state index < -0.39 is 4.92 Å². The summed E-state index contributed by atoms with van der Waals surface area (Å²) in [6.45, 7) is 1.12. The molecule has 120 valence electrons. The molecule has 9 heteroatoms. The minimum absolute atomic E-state index is 0.0616. The van der Waals surface area contributed by atoms with Crippen molar-refractivity contribution in [2.45, 2.75) is 30.8 Å². The number of aromatic nitrogens is 3. The molecule has 8 nitrogen and oxygen atoms in total. The van der Waals surface area contributed by atoms with Crippen LogP contribution in [0.5, 0.6) is 0 Å². The van der Waals surface area contributed by atoms with E-state index >= 15 is 0 Å². The van der Waals surface area contributed by atoms with Gasteiger partial charge < -0.3 is 9.88 Å². The lowest BCUT2D eigenvalue weighted by atomic mass is 10.2. The highest BCUT2D eigenvalue weighted by Crippen LogP contribution is 2.28. The molecule has 0 aliphatic carbocycles. The highest BCUT2D eigenvalue weighted by molar-refractivity contribution is 7.98. The molecule has 2 aromatic rings. The summed E-state index contributed by atoms with van der Waals surface area (Å²) >= 11 is 1.27. The number of carbonyl (C=O) groups excluding carboxylic acids is 1. The highest BCUT2D eigenvalue weighted by atomic mass is 32.2. The number of nitro benzene ring substituents is 1. The lowest BCUT2D eigenvalue weighted by molar-refractivity contribution is -0.387. The van der Waals surface area contributed by atoms with E-state index in [2.05, 4.69) is 15.5 Å². The maximum atomic E-state index is 12.2. The van der Waals surface area contributed by atoms with Crippen LogP contribution < -0.4 is 5.32 Å². The number of amides is 1. The van der Waals surface area contributed by atoms with Crippen LogP contribution in [0.25, 0.3) is 0 Å². The third kappa shape index (κ3) is 3.04. The van der Waals surface area contributed by atoms with Crippen molar-refractivity contribution >= 4 is 23.4 Å². The highest BCUT2D eigenvalue weighted by Gasteiger charge is 2.19. The van der Waals surface area contributed by atoms with E-state index in [4.69, 9.17) is 0 Å². The Bertz CT molecular complexity index is 774. The van der Waals surface area contributed by atoms with Crippen LogP contribution in [0.4, 0.5) is 5.69 Å². The number of carbonyl (C=O) groups is 1. The van der Waals surface area contributed by atoms with Crippen molar-refractivity contribution < 1.29 is 9.72 Å². The molecule has 1 aliphatic rings. The molecule has 0 radical (unpaired) electrons. The Labute approximate surface area is 136 Å². The van der Waals surface area contributed by atoms with Crippen LogP contribution in [0.15, 0.2) is 23.1 Å². The predicted molar refractivity (Wildman–Crippen MR) is 84.4 cm³/mol. The minimum atomic E-state index is -0.478. The van der Waals surface area contributed by atoms with Crippen molar-refractivity contribution in [3.05, 3.63) is 45.5 Å². The van der Waals surface area contributed by atoms with Gasteiger partial charge in [-0.05, 0) is 24.8 Å². The second-order valence-corrected chi connectivity index (χ2v) is 5.96. The lowest BCUT2D eigenvalue weighted by Crippen LogP contribution is -2.24. The molecule has 0 bridgehead atoms. The van der Waals surface area contributed by atoms with E-state index in [0.717, 1.165) is 25.2 Å². The fourth-order valence-corrected chi connectivity index (χ4v) is 3.12. The minimum Gasteiger partial charge on any atom is -0.345 e. The summed E-state index contributed by atoms with van der Waals surface area (Å²) in [6.07, 6.45) is 3.70. The first kappa shape index (κ1) is 15.5. The number of aryl methyl sites for hydroxylation is 1. The SMILES string of the molecule is CSc1ccc(C(=O)NCc2nnc3n2CCC3)cc1[N+](=O)[O-]. The third-order valence-electron chi connectivity index (χ3n) is 3.73. The van der Waals surface area contributed by atoms with Gasteiger partial charge in [-0.2, -0.15) is 0 Å². The van der Waals surface area contributed by atoms with Gasteiger partial charge in [-0.15, -0.1) is 22.0 Å². The number of hydrogen-bond donors (Lipinski definition) is 1. The Balaban J connectivity index is 1.73. The quantitative estimate of drug-likeness (QED) is 0.508. The van der Waals surface area contributed by atoms with Gasteiger partial charge in [-0.25, -0.2) is 0 Å². The van der Waals surface area contributed by atoms with E-state index in [1.54, 1.807) is 18.4 Å². The summed E-state index contributed by atoms with van der Waals surface area (Å²) in [5.41, 5.74) is 0.198. The Morgan fingerprint density at radius 3 is 3.04 bits per heavy atom. The smallest absolute Gasteiger partial charge is 0.283 e. The van der Waals surface area contributed by atoms with E-state index in [1.165, 1.54) is 17.8 Å². The average molecular weight is 333 g/mol. The Morgan fingerprint density at radius 1 is 1.48 bits per heavy atom. The first-order chi connectivity index (χ1) is 11.1. The maximum absolute atomic E-state index is 12.2. The Hall–Kier alpha value is -2.42. The molecule has 23 heavy (non-hydrogen) atoms. The van der Waals surface area contributed by atoms with E-state index in [0.29, 0.717) is 10.7 Å². The largest absolute Gasteiger partial charge is 0.345 e. The zero-order valence-corrected chi connectivity index (χ0v) is 13.3. The van der Waals surface area contributed by atoms with Crippen molar-refractivity contribution in [3.8, 4) is 0 Å². The van der Waals surface area contributed by atoms with E-state index in [9.17, 15) is 14.9 Å². The van der Waals surface area contributed by atoms with Gasteiger partial charge in [0, 0.05) is 24.6 Å². The van der Waals surface area contributed by atoms with Gasteiger partial charge in [0.1, 0.15) is 5.82 Å². The zero-order chi connectivity index (χ0) is 16.4. The van der Waals surface area contributed by atoms with E-state index in [1.807, 2.05) is 4.57 Å². The molecule has 0 saturated carbocycles. The fourth-order valence-electron chi connectivity index (χ4n) is 2.58. The number of fused-ring (bicyclic) bond motifs is 1. The molecule has 1 aromatic heterocycles. The average Bonchev–Trinajstić information content (AvgIpc) is 3.15. The zero-order valence-electron chi connectivity index (χ0n) is 12.5. The molecule has 0 saturated heterocycles. The second kappa shape index (κ2) is 6.37. The second-order valence-electron chi connectivity index (χ2n) is 5.11. The molecule has 3 rings (SSSR count). The van der Waals surface area contributed by atoms with Crippen molar-refractivity contribution in [2.24, 2.45) is 0 Å². The van der Waals surface area contributed by atoms with Crippen molar-refractivity contribution in [1.29, 1.82) is 0 Å². The van der Waals surface area contributed by atoms with E-state index in [-0.39, 0.29) is 23.7 Å². The molecular weight excluding hydrogens is 318 g/mol. The lowest BCUT2D eigenvalue weighted by Gasteiger charge is -2.07. The van der Waals surface area contributed by atoms with Crippen molar-refractivity contribution in [1.82, 2.24) is 20.1 Å². The number of nitrogens with one attached hydrogen (secondary N) is 1. The molecule has 2 heterocycles. The summed E-state index contributed by atoms with van der Waals surface area (Å²) in [7, 11) is 0. The first-order valence-corrected chi connectivity index (χ1v) is 8.34. The van der Waals surface area contributed by atoms with Crippen LogP contribution in [-0.4, -0.2) is 31.9 Å². The Kier molecular flexibility index (Phi) is 4.28.